The molecule has 1 aliphatic rings. The quantitative estimate of drug-likeness (QED) is 0.742. The van der Waals surface area contributed by atoms with Gasteiger partial charge in [0.05, 0.1) is 11.4 Å². The van der Waals surface area contributed by atoms with Crippen molar-refractivity contribution in [2.75, 3.05) is 32.7 Å². The van der Waals surface area contributed by atoms with Crippen molar-refractivity contribution in [3.63, 3.8) is 0 Å². The normalized spacial score (nSPS) is 16.4. The van der Waals surface area contributed by atoms with E-state index in [1.165, 1.54) is 9.87 Å². The minimum atomic E-state index is -3.48. The maximum atomic E-state index is 12.8. The Labute approximate surface area is 161 Å². The summed E-state index contributed by atoms with van der Waals surface area (Å²) < 4.78 is 27.1. The lowest BCUT2D eigenvalue weighted by atomic mass is 10.0. The van der Waals surface area contributed by atoms with Crippen LogP contribution in [-0.4, -0.2) is 56.1 Å². The molecule has 0 aromatic heterocycles. The highest BCUT2D eigenvalue weighted by atomic mass is 32.2. The zero-order valence-electron chi connectivity index (χ0n) is 16.1. The van der Waals surface area contributed by atoms with Crippen LogP contribution < -0.4 is 0 Å². The van der Waals surface area contributed by atoms with Crippen molar-refractivity contribution in [1.82, 2.24) is 9.21 Å². The smallest absolute Gasteiger partial charge is 0.243 e. The first-order valence-electron chi connectivity index (χ1n) is 9.17. The Balaban J connectivity index is 1.61. The molecule has 0 saturated carbocycles. The van der Waals surface area contributed by atoms with E-state index in [2.05, 4.69) is 0 Å². The maximum absolute atomic E-state index is 12.8. The van der Waals surface area contributed by atoms with Crippen molar-refractivity contribution < 1.29 is 13.2 Å². The molecule has 27 heavy (non-hydrogen) atoms. The zero-order valence-corrected chi connectivity index (χ0v) is 16.9. The van der Waals surface area contributed by atoms with E-state index in [0.717, 1.165) is 11.1 Å². The molecule has 1 aliphatic heterocycles. The summed E-state index contributed by atoms with van der Waals surface area (Å²) in [5, 5.41) is 0. The number of benzene rings is 2. The summed E-state index contributed by atoms with van der Waals surface area (Å²) in [7, 11) is -3.48. The Morgan fingerprint density at radius 1 is 0.926 bits per heavy atom. The van der Waals surface area contributed by atoms with Gasteiger partial charge in [0.15, 0.2) is 5.78 Å². The third-order valence-corrected chi connectivity index (χ3v) is 7.05. The number of sulfonamides is 1. The molecular formula is C21H26N2O3S. The Morgan fingerprint density at radius 3 is 2.26 bits per heavy atom. The van der Waals surface area contributed by atoms with Gasteiger partial charge in [-0.15, -0.1) is 0 Å². The van der Waals surface area contributed by atoms with Crippen molar-refractivity contribution >= 4 is 15.8 Å². The molecule has 0 amide bonds. The number of rotatable bonds is 5. The largest absolute Gasteiger partial charge is 0.293 e. The van der Waals surface area contributed by atoms with Crippen LogP contribution in [0.15, 0.2) is 47.4 Å². The van der Waals surface area contributed by atoms with Crippen molar-refractivity contribution in [3.8, 4) is 0 Å². The highest BCUT2D eigenvalue weighted by molar-refractivity contribution is 7.89. The molecule has 0 spiro atoms. The number of nitrogens with zero attached hydrogens (tertiary/aromatic N) is 2. The number of ketones is 1. The lowest BCUT2D eigenvalue weighted by Gasteiger charge is -2.33. The maximum Gasteiger partial charge on any atom is 0.243 e. The summed E-state index contributed by atoms with van der Waals surface area (Å²) in [6, 6.07) is 12.7. The average molecular weight is 387 g/mol. The molecule has 6 heteroatoms. The molecule has 1 heterocycles. The monoisotopic (exact) mass is 386 g/mol. The fourth-order valence-corrected chi connectivity index (χ4v) is 4.79. The molecule has 1 fully saturated rings. The van der Waals surface area contributed by atoms with E-state index in [1.54, 1.807) is 18.2 Å². The predicted molar refractivity (Wildman–Crippen MR) is 107 cm³/mol. The molecule has 2 aromatic carbocycles. The van der Waals surface area contributed by atoms with Gasteiger partial charge in [0.2, 0.25) is 10.0 Å². The van der Waals surface area contributed by atoms with Gasteiger partial charge in [-0.05, 0) is 55.7 Å². The van der Waals surface area contributed by atoms with Crippen LogP contribution in [0.4, 0.5) is 0 Å². The van der Waals surface area contributed by atoms with Crippen molar-refractivity contribution in [3.05, 3.63) is 64.7 Å². The molecular weight excluding hydrogens is 360 g/mol. The van der Waals surface area contributed by atoms with Crippen LogP contribution in [0.2, 0.25) is 0 Å². The lowest BCUT2D eigenvalue weighted by Crippen LogP contribution is -2.49. The fraction of sp³-hybridized carbons (Fsp3) is 0.381. The molecule has 144 valence electrons. The molecule has 0 radical (unpaired) electrons. The van der Waals surface area contributed by atoms with Crippen molar-refractivity contribution in [1.29, 1.82) is 0 Å². The van der Waals surface area contributed by atoms with Gasteiger partial charge in [-0.25, -0.2) is 8.42 Å². The Hall–Kier alpha value is -2.02. The highest BCUT2D eigenvalue weighted by Crippen LogP contribution is 2.19. The van der Waals surface area contributed by atoms with Gasteiger partial charge in [-0.1, -0.05) is 24.3 Å². The minimum absolute atomic E-state index is 0.0769. The number of hydrogen-bond donors (Lipinski definition) is 0. The first-order valence-corrected chi connectivity index (χ1v) is 10.6. The Morgan fingerprint density at radius 2 is 1.63 bits per heavy atom. The van der Waals surface area contributed by atoms with E-state index in [-0.39, 0.29) is 5.78 Å². The van der Waals surface area contributed by atoms with Crippen molar-refractivity contribution in [2.24, 2.45) is 0 Å². The summed E-state index contributed by atoms with van der Waals surface area (Å²) in [4.78, 5) is 14.9. The summed E-state index contributed by atoms with van der Waals surface area (Å²) in [6.07, 6.45) is 0. The summed E-state index contributed by atoms with van der Waals surface area (Å²) in [6.45, 7) is 8.14. The molecule has 3 rings (SSSR count). The summed E-state index contributed by atoms with van der Waals surface area (Å²) >= 11 is 0. The zero-order chi connectivity index (χ0) is 19.6. The molecule has 2 aromatic rings. The number of Topliss-reactive ketones (excluding diaryl/α,β-unsaturated/α-hetero) is 1. The van der Waals surface area contributed by atoms with Crippen LogP contribution in [0.25, 0.3) is 0 Å². The second-order valence-corrected chi connectivity index (χ2v) is 9.16. The van der Waals surface area contributed by atoms with Crippen LogP contribution in [-0.2, 0) is 10.0 Å². The summed E-state index contributed by atoms with van der Waals surface area (Å²) in [5.41, 5.74) is 3.91. The van der Waals surface area contributed by atoms with E-state index < -0.39 is 10.0 Å². The second-order valence-electron chi connectivity index (χ2n) is 7.22. The first kappa shape index (κ1) is 19.7. The standard InChI is InChI=1S/C21H26N2O3S/c1-16-5-4-6-20(13-16)27(25,26)23-11-9-22(10-12-23)15-21(24)19-8-7-17(2)18(3)14-19/h4-8,13-14H,9-12,15H2,1-3H3. The fourth-order valence-electron chi connectivity index (χ4n) is 3.26. The van der Waals surface area contributed by atoms with Crippen molar-refractivity contribution in [2.45, 2.75) is 25.7 Å². The highest BCUT2D eigenvalue weighted by Gasteiger charge is 2.29. The predicted octanol–water partition coefficient (Wildman–Crippen LogP) is 2.80. The summed E-state index contributed by atoms with van der Waals surface area (Å²) in [5.74, 6) is 0.0769. The van der Waals surface area contributed by atoms with Gasteiger partial charge in [0.1, 0.15) is 0 Å². The number of hydrogen-bond acceptors (Lipinski definition) is 4. The topological polar surface area (TPSA) is 57.7 Å². The van der Waals surface area contributed by atoms with Gasteiger partial charge in [-0.3, -0.25) is 9.69 Å². The van der Waals surface area contributed by atoms with Crippen LogP contribution >= 0.6 is 0 Å². The number of carbonyl (C=O) groups excluding carboxylic acids is 1. The molecule has 0 N–H and O–H groups in total. The molecule has 0 aliphatic carbocycles. The van der Waals surface area contributed by atoms with E-state index >= 15 is 0 Å². The van der Waals surface area contributed by atoms with Gasteiger partial charge < -0.3 is 0 Å². The number of aryl methyl sites for hydroxylation is 3. The Kier molecular flexibility index (Phi) is 5.79. The lowest BCUT2D eigenvalue weighted by molar-refractivity contribution is 0.0901. The number of carbonyl (C=O) groups is 1. The molecule has 0 bridgehead atoms. The van der Waals surface area contributed by atoms with Gasteiger partial charge in [0, 0.05) is 31.7 Å². The van der Waals surface area contributed by atoms with Crippen LogP contribution in [0, 0.1) is 20.8 Å². The molecule has 0 atom stereocenters. The van der Waals surface area contributed by atoms with Gasteiger partial charge in [-0.2, -0.15) is 4.31 Å². The first-order chi connectivity index (χ1) is 12.8. The van der Waals surface area contributed by atoms with E-state index in [9.17, 15) is 13.2 Å². The van der Waals surface area contributed by atoms with Crippen LogP contribution in [0.3, 0.4) is 0 Å². The van der Waals surface area contributed by atoms with Crippen LogP contribution in [0.5, 0.6) is 0 Å². The van der Waals surface area contributed by atoms with E-state index in [4.69, 9.17) is 0 Å². The molecule has 5 nitrogen and oxygen atoms in total. The van der Waals surface area contributed by atoms with E-state index in [1.807, 2.05) is 49.9 Å². The van der Waals surface area contributed by atoms with E-state index in [0.29, 0.717) is 43.2 Å². The Bertz CT molecular complexity index is 946. The molecule has 0 unspecified atom stereocenters. The third kappa shape index (κ3) is 4.46. The number of piperazine rings is 1. The second kappa shape index (κ2) is 7.92. The SMILES string of the molecule is Cc1cccc(S(=O)(=O)N2CCN(CC(=O)c3ccc(C)c(C)c3)CC2)c1. The molecule has 1 saturated heterocycles. The third-order valence-electron chi connectivity index (χ3n) is 5.15. The van der Waals surface area contributed by atoms with Crippen LogP contribution in [0.1, 0.15) is 27.0 Å². The van der Waals surface area contributed by atoms with Gasteiger partial charge in [0.25, 0.3) is 0 Å². The average Bonchev–Trinajstić information content (AvgIpc) is 2.64. The van der Waals surface area contributed by atoms with Gasteiger partial charge >= 0.3 is 0 Å². The minimum Gasteiger partial charge on any atom is -0.293 e.